The van der Waals surface area contributed by atoms with Crippen LogP contribution in [0.25, 0.3) is 0 Å². The summed E-state index contributed by atoms with van der Waals surface area (Å²) in [7, 11) is 0. The maximum atomic E-state index is 12.6. The lowest BCUT2D eigenvalue weighted by Gasteiger charge is -2.63. The van der Waals surface area contributed by atoms with Crippen LogP contribution in [-0.4, -0.2) is 15.5 Å². The van der Waals surface area contributed by atoms with Gasteiger partial charge in [-0.2, -0.15) is 0 Å². The van der Waals surface area contributed by atoms with Gasteiger partial charge in [-0.05, 0) is 97.7 Å². The summed E-state index contributed by atoms with van der Waals surface area (Å²) in [5.74, 6) is 5.39. The predicted molar refractivity (Wildman–Crippen MR) is 121 cm³/mol. The van der Waals surface area contributed by atoms with Crippen molar-refractivity contribution in [3.05, 3.63) is 18.7 Å². The number of imidazole rings is 1. The smallest absolute Gasteiger partial charge is 0.231 e. The second-order valence-electron chi connectivity index (χ2n) is 12.1. The second kappa shape index (κ2) is 7.78. The highest BCUT2D eigenvalue weighted by Crippen LogP contribution is 2.68. The van der Waals surface area contributed by atoms with Crippen LogP contribution in [0.15, 0.2) is 18.7 Å². The Balaban J connectivity index is 1.39. The van der Waals surface area contributed by atoms with Gasteiger partial charge in [-0.3, -0.25) is 9.36 Å². The topological polar surface area (TPSA) is 34.9 Å². The summed E-state index contributed by atoms with van der Waals surface area (Å²) in [5, 5.41) is 0. The van der Waals surface area contributed by atoms with Crippen LogP contribution in [0, 0.1) is 46.3 Å². The third kappa shape index (κ3) is 3.30. The molecule has 8 unspecified atom stereocenters. The molecule has 0 aliphatic heterocycles. The fraction of sp³-hybridized carbons (Fsp3) is 0.852. The number of rotatable bonds is 4. The van der Waals surface area contributed by atoms with Crippen molar-refractivity contribution in [2.45, 2.75) is 97.8 Å². The van der Waals surface area contributed by atoms with E-state index in [1.807, 2.05) is 0 Å². The Labute approximate surface area is 183 Å². The molecule has 0 amide bonds. The van der Waals surface area contributed by atoms with E-state index in [0.717, 1.165) is 36.0 Å². The maximum absolute atomic E-state index is 12.6. The van der Waals surface area contributed by atoms with E-state index in [0.29, 0.717) is 23.2 Å². The maximum Gasteiger partial charge on any atom is 0.231 e. The number of hydrogen-bond acceptors (Lipinski definition) is 2. The lowest BCUT2D eigenvalue weighted by atomic mass is 9.42. The third-order valence-corrected chi connectivity index (χ3v) is 10.8. The van der Waals surface area contributed by atoms with Crippen molar-refractivity contribution in [2.24, 2.45) is 46.3 Å². The van der Waals surface area contributed by atoms with Gasteiger partial charge in [-0.25, -0.2) is 4.98 Å². The zero-order valence-corrected chi connectivity index (χ0v) is 19.5. The minimum absolute atomic E-state index is 0.212. The number of carbonyl (C=O) groups is 1. The largest absolute Gasteiger partial charge is 0.276 e. The standard InChI is InChI=1S/C27H42N2O/c1-19(9-10-24(30)29-16-15-28-18-29)21-17-20-7-4-5-13-27(20,3)23-11-14-26(2)12-6-8-22(26)25(21)23/h15-16,18-23,25H,4-14,17H2,1-3H3. The summed E-state index contributed by atoms with van der Waals surface area (Å²) in [6, 6.07) is 0. The molecule has 3 nitrogen and oxygen atoms in total. The van der Waals surface area contributed by atoms with Gasteiger partial charge >= 0.3 is 0 Å². The van der Waals surface area contributed by atoms with Crippen molar-refractivity contribution in [1.29, 1.82) is 0 Å². The Morgan fingerprint density at radius 2 is 1.97 bits per heavy atom. The summed E-state index contributed by atoms with van der Waals surface area (Å²) >= 11 is 0. The molecule has 30 heavy (non-hydrogen) atoms. The van der Waals surface area contributed by atoms with E-state index in [-0.39, 0.29) is 5.91 Å². The van der Waals surface area contributed by atoms with Crippen molar-refractivity contribution in [2.75, 3.05) is 0 Å². The van der Waals surface area contributed by atoms with Crippen LogP contribution in [-0.2, 0) is 0 Å². The van der Waals surface area contributed by atoms with E-state index in [4.69, 9.17) is 0 Å². The molecule has 5 rings (SSSR count). The van der Waals surface area contributed by atoms with Crippen molar-refractivity contribution in [3.8, 4) is 0 Å². The highest BCUT2D eigenvalue weighted by molar-refractivity contribution is 5.78. The van der Waals surface area contributed by atoms with E-state index in [1.165, 1.54) is 64.2 Å². The molecule has 1 aromatic rings. The van der Waals surface area contributed by atoms with Crippen molar-refractivity contribution in [3.63, 3.8) is 0 Å². The molecule has 4 fully saturated rings. The van der Waals surface area contributed by atoms with Crippen LogP contribution in [0.3, 0.4) is 0 Å². The Kier molecular flexibility index (Phi) is 5.39. The van der Waals surface area contributed by atoms with Gasteiger partial charge in [-0.15, -0.1) is 0 Å². The molecule has 0 saturated heterocycles. The van der Waals surface area contributed by atoms with E-state index in [1.54, 1.807) is 23.3 Å². The summed E-state index contributed by atoms with van der Waals surface area (Å²) in [5.41, 5.74) is 1.19. The Bertz CT molecular complexity index is 757. The van der Waals surface area contributed by atoms with E-state index >= 15 is 0 Å². The number of carbonyl (C=O) groups excluding carboxylic acids is 1. The van der Waals surface area contributed by atoms with Crippen LogP contribution >= 0.6 is 0 Å². The average molecular weight is 411 g/mol. The lowest BCUT2D eigenvalue weighted by Crippen LogP contribution is -2.56. The van der Waals surface area contributed by atoms with Gasteiger partial charge in [0.2, 0.25) is 5.91 Å². The first-order valence-corrected chi connectivity index (χ1v) is 12.9. The first kappa shape index (κ1) is 20.8. The number of fused-ring (bicyclic) bond motifs is 5. The molecule has 0 N–H and O–H groups in total. The molecule has 3 heteroatoms. The van der Waals surface area contributed by atoms with Gasteiger partial charge < -0.3 is 0 Å². The molecule has 0 radical (unpaired) electrons. The summed E-state index contributed by atoms with van der Waals surface area (Å²) in [6.45, 7) is 7.80. The van der Waals surface area contributed by atoms with Crippen LogP contribution in [0.2, 0.25) is 0 Å². The molecule has 4 saturated carbocycles. The molecule has 4 aliphatic rings. The van der Waals surface area contributed by atoms with Gasteiger partial charge in [0.05, 0.1) is 0 Å². The van der Waals surface area contributed by atoms with E-state index in [2.05, 4.69) is 25.8 Å². The highest BCUT2D eigenvalue weighted by atomic mass is 16.2. The van der Waals surface area contributed by atoms with Crippen molar-refractivity contribution < 1.29 is 4.79 Å². The van der Waals surface area contributed by atoms with Gasteiger partial charge in [0, 0.05) is 18.8 Å². The highest BCUT2D eigenvalue weighted by Gasteiger charge is 2.60. The Hall–Kier alpha value is -1.12. The SMILES string of the molecule is CC(CCC(=O)n1ccnc1)C1CC2CCCCC2(C)C2CCC3(C)CCCC3C12. The zero-order valence-electron chi connectivity index (χ0n) is 19.5. The molecule has 0 bridgehead atoms. The summed E-state index contributed by atoms with van der Waals surface area (Å²) < 4.78 is 1.67. The Morgan fingerprint density at radius 1 is 1.10 bits per heavy atom. The van der Waals surface area contributed by atoms with Crippen molar-refractivity contribution in [1.82, 2.24) is 9.55 Å². The van der Waals surface area contributed by atoms with Gasteiger partial charge in [0.1, 0.15) is 6.33 Å². The fourth-order valence-electron chi connectivity index (χ4n) is 9.06. The predicted octanol–water partition coefficient (Wildman–Crippen LogP) is 6.99. The second-order valence-corrected chi connectivity index (χ2v) is 12.1. The normalized spacial score (nSPS) is 44.0. The molecule has 8 atom stereocenters. The molecule has 166 valence electrons. The molecule has 1 heterocycles. The van der Waals surface area contributed by atoms with Crippen LogP contribution < -0.4 is 0 Å². The van der Waals surface area contributed by atoms with Crippen LogP contribution in [0.1, 0.15) is 103 Å². The minimum Gasteiger partial charge on any atom is -0.276 e. The minimum atomic E-state index is 0.212. The number of nitrogens with zero attached hydrogens (tertiary/aromatic N) is 2. The quantitative estimate of drug-likeness (QED) is 0.536. The van der Waals surface area contributed by atoms with Gasteiger partial charge in [0.15, 0.2) is 0 Å². The van der Waals surface area contributed by atoms with Crippen molar-refractivity contribution >= 4 is 5.91 Å². The Morgan fingerprint density at radius 3 is 2.77 bits per heavy atom. The summed E-state index contributed by atoms with van der Waals surface area (Å²) in [4.78, 5) is 16.7. The van der Waals surface area contributed by atoms with E-state index in [9.17, 15) is 4.79 Å². The molecule has 0 spiro atoms. The average Bonchev–Trinajstić information content (AvgIpc) is 3.40. The number of aromatic nitrogens is 2. The third-order valence-electron chi connectivity index (χ3n) is 10.8. The molecular weight excluding hydrogens is 368 g/mol. The number of hydrogen-bond donors (Lipinski definition) is 0. The molecular formula is C27H42N2O. The lowest BCUT2D eigenvalue weighted by molar-refractivity contribution is -0.143. The molecule has 0 aromatic carbocycles. The van der Waals surface area contributed by atoms with Crippen LogP contribution in [0.5, 0.6) is 0 Å². The van der Waals surface area contributed by atoms with E-state index < -0.39 is 0 Å². The van der Waals surface area contributed by atoms with Gasteiger partial charge in [-0.1, -0.05) is 40.0 Å². The monoisotopic (exact) mass is 410 g/mol. The zero-order chi connectivity index (χ0) is 20.9. The molecule has 4 aliphatic carbocycles. The van der Waals surface area contributed by atoms with Gasteiger partial charge in [0.25, 0.3) is 0 Å². The first-order valence-electron chi connectivity index (χ1n) is 12.9. The summed E-state index contributed by atoms with van der Waals surface area (Å²) in [6.07, 6.45) is 21.4. The van der Waals surface area contributed by atoms with Crippen LogP contribution in [0.4, 0.5) is 0 Å². The first-order chi connectivity index (χ1) is 14.4. The fourth-order valence-corrected chi connectivity index (χ4v) is 9.06. The molecule has 1 aromatic heterocycles.